The van der Waals surface area contributed by atoms with E-state index < -0.39 is 10.0 Å². The number of pyridine rings is 2. The fourth-order valence-electron chi connectivity index (χ4n) is 2.42. The molecule has 0 aliphatic heterocycles. The van der Waals surface area contributed by atoms with Gasteiger partial charge in [-0.3, -0.25) is 4.98 Å². The Hall–Kier alpha value is -2.51. The molecule has 3 aromatic rings. The number of para-hydroxylation sites is 1. The third-order valence-electron chi connectivity index (χ3n) is 3.62. The van der Waals surface area contributed by atoms with Crippen LogP contribution in [0.15, 0.2) is 59.8 Å². The zero-order chi connectivity index (χ0) is 17.2. The number of sulfonamides is 1. The molecule has 0 aliphatic carbocycles. The summed E-state index contributed by atoms with van der Waals surface area (Å²) in [7, 11) is 0.0861. The molecule has 0 unspecified atom stereocenters. The first kappa shape index (κ1) is 16.4. The van der Waals surface area contributed by atoms with E-state index in [0.29, 0.717) is 0 Å². The van der Waals surface area contributed by atoms with Gasteiger partial charge in [0.05, 0.1) is 5.52 Å². The van der Waals surface area contributed by atoms with Crippen LogP contribution in [-0.2, 0) is 16.6 Å². The fourth-order valence-corrected chi connectivity index (χ4v) is 3.41. The van der Waals surface area contributed by atoms with Crippen molar-refractivity contribution in [2.45, 2.75) is 11.4 Å². The van der Waals surface area contributed by atoms with Crippen LogP contribution in [0.25, 0.3) is 10.9 Å². The van der Waals surface area contributed by atoms with E-state index in [1.807, 2.05) is 49.3 Å². The van der Waals surface area contributed by atoms with Crippen LogP contribution in [0.5, 0.6) is 0 Å². The maximum Gasteiger partial charge on any atom is 0.242 e. The molecule has 2 heterocycles. The quantitative estimate of drug-likeness (QED) is 0.769. The minimum Gasteiger partial charge on any atom is -0.362 e. The van der Waals surface area contributed by atoms with E-state index in [1.54, 1.807) is 18.3 Å². The molecule has 0 fully saturated rings. The Morgan fingerprint density at radius 2 is 1.88 bits per heavy atom. The van der Waals surface area contributed by atoms with Crippen LogP contribution < -0.4 is 9.62 Å². The van der Waals surface area contributed by atoms with Gasteiger partial charge in [-0.05, 0) is 18.2 Å². The normalized spacial score (nSPS) is 11.6. The van der Waals surface area contributed by atoms with E-state index in [0.717, 1.165) is 22.3 Å². The van der Waals surface area contributed by atoms with Crippen molar-refractivity contribution in [1.82, 2.24) is 14.7 Å². The second-order valence-electron chi connectivity index (χ2n) is 5.57. The summed E-state index contributed by atoms with van der Waals surface area (Å²) in [6.07, 6.45) is 3.06. The van der Waals surface area contributed by atoms with Gasteiger partial charge in [-0.1, -0.05) is 24.3 Å². The lowest BCUT2D eigenvalue weighted by molar-refractivity contribution is 0.581. The Morgan fingerprint density at radius 3 is 2.67 bits per heavy atom. The molecule has 24 heavy (non-hydrogen) atoms. The van der Waals surface area contributed by atoms with E-state index in [4.69, 9.17) is 0 Å². The summed E-state index contributed by atoms with van der Waals surface area (Å²) in [5.41, 5.74) is 1.57. The number of rotatable bonds is 5. The molecule has 6 nitrogen and oxygen atoms in total. The lowest BCUT2D eigenvalue weighted by Crippen LogP contribution is -2.25. The Morgan fingerprint density at radius 1 is 1.08 bits per heavy atom. The molecule has 0 spiro atoms. The summed E-state index contributed by atoms with van der Waals surface area (Å²) in [5, 5.41) is 0.788. The van der Waals surface area contributed by atoms with Gasteiger partial charge in [-0.25, -0.2) is 18.1 Å². The Balaban J connectivity index is 1.86. The van der Waals surface area contributed by atoms with Gasteiger partial charge >= 0.3 is 0 Å². The predicted molar refractivity (Wildman–Crippen MR) is 94.3 cm³/mol. The standard InChI is InChI=1S/C17H18N4O2S/c1-21(2)17-14(7-5-9-18-17)11-20-24(22,23)15-10-13-6-3-4-8-16(13)19-12-15/h3-10,12,20H,11H2,1-2H3. The molecule has 3 rings (SSSR count). The van der Waals surface area contributed by atoms with Gasteiger partial charge < -0.3 is 4.90 Å². The molecule has 0 bridgehead atoms. The highest BCUT2D eigenvalue weighted by Crippen LogP contribution is 2.18. The third-order valence-corrected chi connectivity index (χ3v) is 4.99. The van der Waals surface area contributed by atoms with Gasteiger partial charge in [-0.2, -0.15) is 0 Å². The third kappa shape index (κ3) is 3.37. The second-order valence-corrected chi connectivity index (χ2v) is 7.34. The van der Waals surface area contributed by atoms with Crippen molar-refractivity contribution in [3.63, 3.8) is 0 Å². The minimum atomic E-state index is -3.65. The molecule has 0 amide bonds. The Labute approximate surface area is 141 Å². The number of anilines is 1. The number of nitrogens with one attached hydrogen (secondary N) is 1. The van der Waals surface area contributed by atoms with Gasteiger partial charge in [0.15, 0.2) is 0 Å². The molecule has 0 saturated heterocycles. The highest BCUT2D eigenvalue weighted by Gasteiger charge is 2.16. The SMILES string of the molecule is CN(C)c1ncccc1CNS(=O)(=O)c1cnc2ccccc2c1. The van der Waals surface area contributed by atoms with Gasteiger partial charge in [0.1, 0.15) is 10.7 Å². The summed E-state index contributed by atoms with van der Waals surface area (Å²) in [5.74, 6) is 0.733. The van der Waals surface area contributed by atoms with Crippen LogP contribution in [-0.4, -0.2) is 32.5 Å². The minimum absolute atomic E-state index is 0.150. The summed E-state index contributed by atoms with van der Waals surface area (Å²) in [6.45, 7) is 0.163. The smallest absolute Gasteiger partial charge is 0.242 e. The van der Waals surface area contributed by atoms with Crippen molar-refractivity contribution >= 4 is 26.7 Å². The van der Waals surface area contributed by atoms with Crippen LogP contribution in [0.1, 0.15) is 5.56 Å². The average molecular weight is 342 g/mol. The second kappa shape index (κ2) is 6.54. The van der Waals surface area contributed by atoms with E-state index in [-0.39, 0.29) is 11.4 Å². The molecule has 1 N–H and O–H groups in total. The fraction of sp³-hybridized carbons (Fsp3) is 0.176. The number of nitrogens with zero attached hydrogens (tertiary/aromatic N) is 3. The van der Waals surface area contributed by atoms with Crippen molar-refractivity contribution < 1.29 is 8.42 Å². The molecule has 0 atom stereocenters. The molecule has 2 aromatic heterocycles. The van der Waals surface area contributed by atoms with E-state index in [2.05, 4.69) is 14.7 Å². The van der Waals surface area contributed by atoms with Gasteiger partial charge in [-0.15, -0.1) is 0 Å². The van der Waals surface area contributed by atoms with E-state index in [9.17, 15) is 8.42 Å². The lowest BCUT2D eigenvalue weighted by atomic mass is 10.2. The number of hydrogen-bond donors (Lipinski definition) is 1. The number of aromatic nitrogens is 2. The summed E-state index contributed by atoms with van der Waals surface area (Å²) in [6, 6.07) is 12.7. The predicted octanol–water partition coefficient (Wildman–Crippen LogP) is 2.17. The largest absolute Gasteiger partial charge is 0.362 e. The van der Waals surface area contributed by atoms with Crippen LogP contribution >= 0.6 is 0 Å². The highest BCUT2D eigenvalue weighted by molar-refractivity contribution is 7.89. The lowest BCUT2D eigenvalue weighted by Gasteiger charge is -2.16. The molecule has 0 saturated carbocycles. The van der Waals surface area contributed by atoms with E-state index in [1.165, 1.54) is 6.20 Å². The highest BCUT2D eigenvalue weighted by atomic mass is 32.2. The van der Waals surface area contributed by atoms with Gasteiger partial charge in [0.25, 0.3) is 0 Å². The van der Waals surface area contributed by atoms with Crippen LogP contribution in [0, 0.1) is 0 Å². The maximum absolute atomic E-state index is 12.5. The number of hydrogen-bond acceptors (Lipinski definition) is 5. The molecule has 1 aromatic carbocycles. The first-order chi connectivity index (χ1) is 11.5. The van der Waals surface area contributed by atoms with Crippen molar-refractivity contribution in [3.05, 3.63) is 60.4 Å². The van der Waals surface area contributed by atoms with Gasteiger partial charge in [0, 0.05) is 44.0 Å². The number of benzene rings is 1. The Kier molecular flexibility index (Phi) is 4.46. The van der Waals surface area contributed by atoms with Crippen molar-refractivity contribution in [3.8, 4) is 0 Å². The Bertz CT molecular complexity index is 971. The van der Waals surface area contributed by atoms with Crippen molar-refractivity contribution in [2.24, 2.45) is 0 Å². The van der Waals surface area contributed by atoms with Crippen LogP contribution in [0.2, 0.25) is 0 Å². The zero-order valence-corrected chi connectivity index (χ0v) is 14.3. The first-order valence-corrected chi connectivity index (χ1v) is 8.91. The first-order valence-electron chi connectivity index (χ1n) is 7.43. The van der Waals surface area contributed by atoms with Crippen LogP contribution in [0.4, 0.5) is 5.82 Å². The topological polar surface area (TPSA) is 75.2 Å². The van der Waals surface area contributed by atoms with Gasteiger partial charge in [0.2, 0.25) is 10.0 Å². The van der Waals surface area contributed by atoms with Crippen molar-refractivity contribution in [1.29, 1.82) is 0 Å². The summed E-state index contributed by atoms with van der Waals surface area (Å²) in [4.78, 5) is 10.5. The molecule has 0 radical (unpaired) electrons. The molecule has 0 aliphatic rings. The van der Waals surface area contributed by atoms with Crippen LogP contribution in [0.3, 0.4) is 0 Å². The number of fused-ring (bicyclic) bond motifs is 1. The summed E-state index contributed by atoms with van der Waals surface area (Å²) >= 11 is 0. The molecule has 124 valence electrons. The molecular formula is C17H18N4O2S. The molecule has 7 heteroatoms. The van der Waals surface area contributed by atoms with Crippen molar-refractivity contribution in [2.75, 3.05) is 19.0 Å². The zero-order valence-electron chi connectivity index (χ0n) is 13.5. The van der Waals surface area contributed by atoms with E-state index >= 15 is 0 Å². The average Bonchev–Trinajstić information content (AvgIpc) is 2.59. The maximum atomic E-state index is 12.5. The summed E-state index contributed by atoms with van der Waals surface area (Å²) < 4.78 is 27.7. The monoisotopic (exact) mass is 342 g/mol. The molecular weight excluding hydrogens is 324 g/mol.